The largest absolute Gasteiger partial charge is 0.338 e. The molecule has 0 radical (unpaired) electrons. The quantitative estimate of drug-likeness (QED) is 0.210. The van der Waals surface area contributed by atoms with E-state index in [0.717, 1.165) is 0 Å². The van der Waals surface area contributed by atoms with Gasteiger partial charge in [0.2, 0.25) is 0 Å². The maximum absolute atomic E-state index is 2.64. The molecule has 7 rings (SSSR count). The average Bonchev–Trinajstić information content (AvgIpc) is 3.35. The molecular formula is C39H35N. The van der Waals surface area contributed by atoms with Gasteiger partial charge in [-0.3, -0.25) is 0 Å². The standard InChI is InChI=1S/C39H35N/c1-28-21-24-33(25-22-28)40-36-20-12-11-19-34(36)35-27-32(23-26-37(35)40)39(31-17-9-4-10-18-31)38(29-13-5-2-6-14-29)30-15-7-3-8-16-30/h2-10,13-18,21-27,34,36H,11-12,19-20H2,1H3. The molecule has 0 amide bonds. The first kappa shape index (κ1) is 24.7. The van der Waals surface area contributed by atoms with E-state index in [9.17, 15) is 0 Å². The molecule has 1 saturated carbocycles. The van der Waals surface area contributed by atoms with Crippen molar-refractivity contribution >= 4 is 22.5 Å². The number of rotatable bonds is 5. The zero-order valence-corrected chi connectivity index (χ0v) is 23.1. The minimum atomic E-state index is 0.536. The van der Waals surface area contributed by atoms with Crippen LogP contribution < -0.4 is 4.90 Å². The summed E-state index contributed by atoms with van der Waals surface area (Å²) in [4.78, 5) is 2.64. The molecular weight excluding hydrogens is 482 g/mol. The Morgan fingerprint density at radius 3 is 1.65 bits per heavy atom. The lowest BCUT2D eigenvalue weighted by Crippen LogP contribution is -2.32. The van der Waals surface area contributed by atoms with Crippen molar-refractivity contribution in [3.63, 3.8) is 0 Å². The van der Waals surface area contributed by atoms with Crippen molar-refractivity contribution in [1.82, 2.24) is 0 Å². The Labute approximate surface area is 238 Å². The van der Waals surface area contributed by atoms with Gasteiger partial charge in [-0.25, -0.2) is 0 Å². The lowest BCUT2D eigenvalue weighted by Gasteiger charge is -2.33. The molecule has 1 fully saturated rings. The number of nitrogens with zero attached hydrogens (tertiary/aromatic N) is 1. The number of benzene rings is 5. The zero-order chi connectivity index (χ0) is 26.9. The van der Waals surface area contributed by atoms with Gasteiger partial charge >= 0.3 is 0 Å². The van der Waals surface area contributed by atoms with Crippen LogP contribution in [0.2, 0.25) is 0 Å². The normalized spacial score (nSPS) is 17.7. The van der Waals surface area contributed by atoms with Crippen molar-refractivity contribution in [2.24, 2.45) is 0 Å². The highest BCUT2D eigenvalue weighted by Gasteiger charge is 2.40. The van der Waals surface area contributed by atoms with Crippen LogP contribution in [0.4, 0.5) is 11.4 Å². The third-order valence-corrected chi connectivity index (χ3v) is 8.79. The van der Waals surface area contributed by atoms with E-state index in [0.29, 0.717) is 12.0 Å². The van der Waals surface area contributed by atoms with Crippen LogP contribution in [-0.4, -0.2) is 6.04 Å². The van der Waals surface area contributed by atoms with Crippen molar-refractivity contribution in [3.8, 4) is 0 Å². The van der Waals surface area contributed by atoms with Gasteiger partial charge in [-0.1, -0.05) is 128 Å². The summed E-state index contributed by atoms with van der Waals surface area (Å²) in [7, 11) is 0. The van der Waals surface area contributed by atoms with Crippen molar-refractivity contribution in [2.75, 3.05) is 4.90 Å². The molecule has 1 aliphatic carbocycles. The van der Waals surface area contributed by atoms with Gasteiger partial charge in [0.1, 0.15) is 0 Å². The van der Waals surface area contributed by atoms with E-state index in [2.05, 4.69) is 145 Å². The molecule has 5 aromatic rings. The van der Waals surface area contributed by atoms with E-state index < -0.39 is 0 Å². The fraction of sp³-hybridized carbons (Fsp3) is 0.179. The van der Waals surface area contributed by atoms with E-state index in [1.54, 1.807) is 0 Å². The van der Waals surface area contributed by atoms with Crippen LogP contribution in [0.15, 0.2) is 133 Å². The first-order valence-corrected chi connectivity index (χ1v) is 14.7. The SMILES string of the molecule is Cc1ccc(N2c3ccc(C(=C(c4ccccc4)c4ccccc4)c4ccccc4)cc3C3CCCCC32)cc1. The maximum atomic E-state index is 2.64. The first-order chi connectivity index (χ1) is 19.8. The fourth-order valence-electron chi connectivity index (χ4n) is 6.95. The van der Waals surface area contributed by atoms with Crippen molar-refractivity contribution in [3.05, 3.63) is 167 Å². The summed E-state index contributed by atoms with van der Waals surface area (Å²) in [6, 6.07) is 49.7. The van der Waals surface area contributed by atoms with Gasteiger partial charge in [-0.15, -0.1) is 0 Å². The smallest absolute Gasteiger partial charge is 0.0450 e. The predicted octanol–water partition coefficient (Wildman–Crippen LogP) is 10.2. The van der Waals surface area contributed by atoms with Crippen molar-refractivity contribution in [1.29, 1.82) is 0 Å². The van der Waals surface area contributed by atoms with Crippen LogP contribution in [0.5, 0.6) is 0 Å². The molecule has 0 saturated heterocycles. The molecule has 1 heteroatoms. The summed E-state index contributed by atoms with van der Waals surface area (Å²) in [5.41, 5.74) is 13.1. The highest BCUT2D eigenvalue weighted by Crippen LogP contribution is 2.52. The topological polar surface area (TPSA) is 3.24 Å². The second-order valence-electron chi connectivity index (χ2n) is 11.3. The van der Waals surface area contributed by atoms with Gasteiger partial charge in [0.05, 0.1) is 0 Å². The predicted molar refractivity (Wildman–Crippen MR) is 169 cm³/mol. The molecule has 0 bridgehead atoms. The Morgan fingerprint density at radius 2 is 1.07 bits per heavy atom. The summed E-state index contributed by atoms with van der Waals surface area (Å²) in [6.07, 6.45) is 5.14. The third-order valence-electron chi connectivity index (χ3n) is 8.79. The molecule has 40 heavy (non-hydrogen) atoms. The van der Waals surface area contributed by atoms with Gasteiger partial charge in [0.15, 0.2) is 0 Å². The highest BCUT2D eigenvalue weighted by molar-refractivity contribution is 6.05. The molecule has 0 aromatic heterocycles. The van der Waals surface area contributed by atoms with Crippen LogP contribution >= 0.6 is 0 Å². The van der Waals surface area contributed by atoms with E-state index in [1.807, 2.05) is 0 Å². The number of hydrogen-bond acceptors (Lipinski definition) is 1. The molecule has 2 unspecified atom stereocenters. The van der Waals surface area contributed by atoms with Gasteiger partial charge in [-0.05, 0) is 83.0 Å². The van der Waals surface area contributed by atoms with Crippen molar-refractivity contribution in [2.45, 2.75) is 44.6 Å². The van der Waals surface area contributed by atoms with Crippen LogP contribution in [-0.2, 0) is 0 Å². The van der Waals surface area contributed by atoms with Crippen LogP contribution in [0.25, 0.3) is 11.1 Å². The summed E-state index contributed by atoms with van der Waals surface area (Å²) in [5.74, 6) is 0.568. The Morgan fingerprint density at radius 1 is 0.550 bits per heavy atom. The number of aryl methyl sites for hydroxylation is 1. The lowest BCUT2D eigenvalue weighted by molar-refractivity contribution is 0.402. The molecule has 2 aliphatic rings. The Bertz CT molecular complexity index is 1590. The van der Waals surface area contributed by atoms with Gasteiger partial charge < -0.3 is 4.90 Å². The van der Waals surface area contributed by atoms with Gasteiger partial charge in [0, 0.05) is 23.3 Å². The minimum absolute atomic E-state index is 0.536. The maximum Gasteiger partial charge on any atom is 0.0450 e. The Hall–Kier alpha value is -4.36. The number of anilines is 2. The number of hydrogen-bond donors (Lipinski definition) is 0. The zero-order valence-electron chi connectivity index (χ0n) is 23.1. The monoisotopic (exact) mass is 517 g/mol. The lowest BCUT2D eigenvalue weighted by atomic mass is 9.80. The van der Waals surface area contributed by atoms with Gasteiger partial charge in [-0.2, -0.15) is 0 Å². The Balaban J connectivity index is 1.46. The summed E-state index contributed by atoms with van der Waals surface area (Å²) in [6.45, 7) is 2.17. The second-order valence-corrected chi connectivity index (χ2v) is 11.3. The molecule has 2 atom stereocenters. The number of fused-ring (bicyclic) bond motifs is 3. The van der Waals surface area contributed by atoms with Crippen LogP contribution in [0.3, 0.4) is 0 Å². The molecule has 0 spiro atoms. The van der Waals surface area contributed by atoms with Crippen LogP contribution in [0, 0.1) is 6.92 Å². The summed E-state index contributed by atoms with van der Waals surface area (Å²) >= 11 is 0. The van der Waals surface area contributed by atoms with Crippen LogP contribution in [0.1, 0.15) is 65.0 Å². The first-order valence-electron chi connectivity index (χ1n) is 14.7. The van der Waals surface area contributed by atoms with E-state index in [1.165, 1.54) is 81.6 Å². The van der Waals surface area contributed by atoms with E-state index in [-0.39, 0.29) is 0 Å². The van der Waals surface area contributed by atoms with E-state index in [4.69, 9.17) is 0 Å². The fourth-order valence-corrected chi connectivity index (χ4v) is 6.95. The third kappa shape index (κ3) is 4.46. The van der Waals surface area contributed by atoms with Crippen molar-refractivity contribution < 1.29 is 0 Å². The molecule has 0 N–H and O–H groups in total. The van der Waals surface area contributed by atoms with Gasteiger partial charge in [0.25, 0.3) is 0 Å². The molecule has 1 aliphatic heterocycles. The second kappa shape index (κ2) is 10.7. The molecule has 5 aromatic carbocycles. The summed E-state index contributed by atoms with van der Waals surface area (Å²) in [5, 5.41) is 0. The Kier molecular flexibility index (Phi) is 6.57. The highest BCUT2D eigenvalue weighted by atomic mass is 15.2. The molecule has 196 valence electrons. The average molecular weight is 518 g/mol. The molecule has 1 nitrogen and oxygen atoms in total. The summed E-state index contributed by atoms with van der Waals surface area (Å²) < 4.78 is 0. The molecule has 1 heterocycles. The minimum Gasteiger partial charge on any atom is -0.338 e. The van der Waals surface area contributed by atoms with E-state index >= 15 is 0 Å².